The minimum absolute atomic E-state index is 0.00549. The van der Waals surface area contributed by atoms with Gasteiger partial charge in [-0.05, 0) is 38.5 Å². The van der Waals surface area contributed by atoms with Gasteiger partial charge in [-0.3, -0.25) is 71.9 Å². The summed E-state index contributed by atoms with van der Waals surface area (Å²) in [4.78, 5) is 187. The van der Waals surface area contributed by atoms with E-state index in [2.05, 4.69) is 31.9 Å². The Morgan fingerprint density at radius 1 is 0.330 bits per heavy atom. The van der Waals surface area contributed by atoms with Gasteiger partial charge in [0.15, 0.2) is 55.5 Å². The quantitative estimate of drug-likeness (QED) is 0.0222. The summed E-state index contributed by atoms with van der Waals surface area (Å²) in [5.74, 6) is -9.34. The van der Waals surface area contributed by atoms with Gasteiger partial charge in [0, 0.05) is 161 Å². The summed E-state index contributed by atoms with van der Waals surface area (Å²) in [6.07, 6.45) is -13.6. The second kappa shape index (κ2) is 45.5. The van der Waals surface area contributed by atoms with E-state index in [1.165, 1.54) is 25.7 Å². The van der Waals surface area contributed by atoms with Crippen LogP contribution in [0, 0.1) is 0 Å². The van der Waals surface area contributed by atoms with Gasteiger partial charge >= 0.3 is 53.7 Å². The number of unbranched alkanes of at least 4 members (excludes halogenated alkanes) is 3. The van der Waals surface area contributed by atoms with Crippen LogP contribution in [0.3, 0.4) is 0 Å². The number of nitrogens with zero attached hydrogens (tertiary/aromatic N) is 1. The number of rotatable bonds is 42. The molecule has 3 heterocycles. The monoisotopic (exact) mass is 1430 g/mol. The van der Waals surface area contributed by atoms with Gasteiger partial charge in [0.1, 0.15) is 56.3 Å². The maximum absolute atomic E-state index is 13.9. The van der Waals surface area contributed by atoms with Crippen molar-refractivity contribution in [2.45, 2.75) is 233 Å². The van der Waals surface area contributed by atoms with Gasteiger partial charge in [-0.25, -0.2) is 0 Å². The average molecular weight is 1430 g/mol. The molecule has 0 saturated carbocycles. The van der Waals surface area contributed by atoms with Crippen molar-refractivity contribution in [2.75, 3.05) is 78.9 Å². The molecule has 3 aliphatic heterocycles. The second-order valence-electron chi connectivity index (χ2n) is 23.5. The summed E-state index contributed by atoms with van der Waals surface area (Å²) in [7, 11) is 0. The minimum Gasteiger partial charge on any atom is -0.463 e. The Bertz CT molecular complexity index is 2760. The van der Waals surface area contributed by atoms with Crippen molar-refractivity contribution >= 4 is 89.2 Å². The van der Waals surface area contributed by atoms with Crippen LogP contribution in [-0.4, -0.2) is 265 Å². The van der Waals surface area contributed by atoms with Gasteiger partial charge in [0.25, 0.3) is 0 Å². The first-order valence-corrected chi connectivity index (χ1v) is 32.8. The topological polar surface area (TPSA) is 470 Å². The minimum atomic E-state index is -1.35. The molecule has 3 aliphatic rings. The Labute approximate surface area is 579 Å². The van der Waals surface area contributed by atoms with E-state index in [1.807, 2.05) is 0 Å². The van der Waals surface area contributed by atoms with E-state index in [-0.39, 0.29) is 122 Å². The van der Waals surface area contributed by atoms with Gasteiger partial charge in [-0.1, -0.05) is 0 Å². The summed E-state index contributed by atoms with van der Waals surface area (Å²) < 4.78 is 84.4. The van der Waals surface area contributed by atoms with Crippen LogP contribution < -0.4 is 31.9 Å². The second-order valence-corrected chi connectivity index (χ2v) is 23.5. The first-order chi connectivity index (χ1) is 47.3. The summed E-state index contributed by atoms with van der Waals surface area (Å²) >= 11 is 0. The Morgan fingerprint density at radius 3 is 0.920 bits per heavy atom. The van der Waals surface area contributed by atoms with E-state index < -0.39 is 183 Å². The molecule has 6 N–H and O–H groups in total. The third kappa shape index (κ3) is 33.3. The largest absolute Gasteiger partial charge is 0.463 e. The van der Waals surface area contributed by atoms with Gasteiger partial charge in [-0.15, -0.1) is 0 Å². The highest BCUT2D eigenvalue weighted by Gasteiger charge is 2.54. The summed E-state index contributed by atoms with van der Waals surface area (Å²) in [5.41, 5.74) is 0. The highest BCUT2D eigenvalue weighted by atomic mass is 16.7. The zero-order chi connectivity index (χ0) is 74.6. The molecular weight excluding hydrogens is 1330 g/mol. The van der Waals surface area contributed by atoms with Crippen molar-refractivity contribution in [1.82, 2.24) is 36.8 Å². The van der Waals surface area contributed by atoms with Crippen molar-refractivity contribution in [3.8, 4) is 0 Å². The van der Waals surface area contributed by atoms with E-state index >= 15 is 0 Å². The van der Waals surface area contributed by atoms with Gasteiger partial charge in [-0.2, -0.15) is 0 Å². The van der Waals surface area contributed by atoms with Gasteiger partial charge in [0.2, 0.25) is 35.4 Å². The number of amides is 6. The van der Waals surface area contributed by atoms with Crippen LogP contribution in [0.15, 0.2) is 0 Å². The van der Waals surface area contributed by atoms with Crippen LogP contribution in [0.4, 0.5) is 0 Å². The lowest BCUT2D eigenvalue weighted by Crippen LogP contribution is -2.66. The molecule has 0 aromatic carbocycles. The molecule has 3 saturated heterocycles. The maximum atomic E-state index is 13.9. The molecule has 3 fully saturated rings. The molecule has 566 valence electrons. The molecule has 0 radical (unpaired) electrons. The number of carbonyl (C=O) groups excluding carboxylic acids is 15. The number of nitrogens with one attached hydrogen (secondary N) is 6. The van der Waals surface area contributed by atoms with E-state index in [1.54, 1.807) is 0 Å². The third-order valence-electron chi connectivity index (χ3n) is 14.7. The number of esters is 9. The van der Waals surface area contributed by atoms with Crippen molar-refractivity contribution in [2.24, 2.45) is 0 Å². The zero-order valence-corrected chi connectivity index (χ0v) is 58.7. The molecule has 0 aromatic heterocycles. The summed E-state index contributed by atoms with van der Waals surface area (Å²) in [6.45, 7) is 13.3. The molecule has 3 rings (SSSR count). The Kier molecular flexibility index (Phi) is 39.1. The van der Waals surface area contributed by atoms with Crippen LogP contribution in [0.25, 0.3) is 0 Å². The molecule has 15 atom stereocenters. The fraction of sp³-hybridized carbons (Fsp3) is 0.762. The number of carbonyl (C=O) groups is 15. The van der Waals surface area contributed by atoms with E-state index in [0.717, 1.165) is 62.3 Å². The fourth-order valence-electron chi connectivity index (χ4n) is 10.7. The zero-order valence-electron chi connectivity index (χ0n) is 58.7. The van der Waals surface area contributed by atoms with Gasteiger partial charge in [0.05, 0.1) is 0 Å². The Morgan fingerprint density at radius 2 is 0.620 bits per heavy atom. The average Bonchev–Trinajstić information content (AvgIpc) is 0.803. The van der Waals surface area contributed by atoms with Crippen LogP contribution in [0.1, 0.15) is 141 Å². The van der Waals surface area contributed by atoms with E-state index in [0.29, 0.717) is 12.8 Å². The molecule has 37 nitrogen and oxygen atoms in total. The molecule has 9 unspecified atom stereocenters. The first kappa shape index (κ1) is 86.0. The first-order valence-electron chi connectivity index (χ1n) is 32.8. The Hall–Kier alpha value is -8.23. The van der Waals surface area contributed by atoms with Gasteiger partial charge < -0.3 is 108 Å². The molecular formula is C63H99N7O30. The molecule has 37 heteroatoms. The SMILES string of the molecule is CC(=O)NC1C(OC(C)=O)[C@@H](OC(C)=O)C(COC(C)=O)O[C@H]1OCCCCC(=O)NCCNCCN(CCNC(=O)CCCCO[C@@H]1OC(COC(C)=O)[C@H](OC(C)=O)C(OC(C)=O)C1NC(C)=O)C(=O)CCCCO[C@@H]1OC(COC(C)=O)[C@H](OC(C)=O)C(OC(C)=O)C1NC(C)=O. The Balaban J connectivity index is 1.65. The van der Waals surface area contributed by atoms with Crippen molar-refractivity contribution < 1.29 is 143 Å². The smallest absolute Gasteiger partial charge is 0.303 e. The number of hydrogen-bond acceptors (Lipinski definition) is 31. The highest BCUT2D eigenvalue weighted by Crippen LogP contribution is 2.32. The molecule has 6 amide bonds. The van der Waals surface area contributed by atoms with E-state index in [4.69, 9.17) is 71.1 Å². The highest BCUT2D eigenvalue weighted by molar-refractivity contribution is 5.78. The normalized spacial score (nSPS) is 24.6. The van der Waals surface area contributed by atoms with Crippen molar-refractivity contribution in [3.63, 3.8) is 0 Å². The van der Waals surface area contributed by atoms with Crippen LogP contribution in [0.2, 0.25) is 0 Å². The van der Waals surface area contributed by atoms with Crippen molar-refractivity contribution in [3.05, 3.63) is 0 Å². The molecule has 100 heavy (non-hydrogen) atoms. The maximum Gasteiger partial charge on any atom is 0.303 e. The van der Waals surface area contributed by atoms with E-state index in [9.17, 15) is 71.9 Å². The fourth-order valence-corrected chi connectivity index (χ4v) is 10.7. The van der Waals surface area contributed by atoms with Crippen LogP contribution in [0.5, 0.6) is 0 Å². The lowest BCUT2D eigenvalue weighted by atomic mass is 9.96. The molecule has 0 aliphatic carbocycles. The summed E-state index contributed by atoms with van der Waals surface area (Å²) in [6, 6.07) is -3.56. The molecule has 0 spiro atoms. The molecule has 0 bridgehead atoms. The predicted molar refractivity (Wildman–Crippen MR) is 337 cm³/mol. The lowest BCUT2D eigenvalue weighted by molar-refractivity contribution is -0.277. The molecule has 0 aromatic rings. The predicted octanol–water partition coefficient (Wildman–Crippen LogP) is -1.83. The van der Waals surface area contributed by atoms with Crippen molar-refractivity contribution in [1.29, 1.82) is 0 Å². The standard InChI is InChI=1S/C63H99N7O30/c1-34(71)67-52-58(95-43(10)80)55(92-40(7)77)46(31-89-37(4)74)98-61(52)86-28-16-13-19-49(83)65-23-22-64-24-26-70(51(85)21-15-18-30-88-63-54(69-36(3)73)60(97-45(12)82)57(94-42(9)79)48(100-63)33-91-39(6)76)27-25-66-50(84)20-14-17-29-87-62-53(68-35(2)72)59(96-44(11)81)56(93-41(8)78)47(99-62)32-90-38(5)75/h46-48,52-64H,13-33H2,1-12H3,(H,65,83)(H,66,84)(H,67,71)(H,68,72)(H,69,73)/t46?,47?,48?,52?,53?,54?,55-,56-,57-,58?,59?,60?,61+,62+,63+/m0/s1. The third-order valence-corrected chi connectivity index (χ3v) is 14.7. The van der Waals surface area contributed by atoms with Crippen LogP contribution in [-0.2, 0) is 143 Å². The lowest BCUT2D eigenvalue weighted by Gasteiger charge is -2.44. The number of ether oxygens (including phenoxy) is 15. The number of hydrogen-bond donors (Lipinski definition) is 6. The van der Waals surface area contributed by atoms with Crippen LogP contribution >= 0.6 is 0 Å². The summed E-state index contributed by atoms with van der Waals surface area (Å²) in [5, 5.41) is 16.7.